The Kier molecular flexibility index (Phi) is 25.0. The average Bonchev–Trinajstić information content (AvgIpc) is 2.16. The van der Waals surface area contributed by atoms with Gasteiger partial charge in [-0.05, 0) is 6.92 Å². The zero-order chi connectivity index (χ0) is 15.1. The zero-order valence-electron chi connectivity index (χ0n) is 10.9. The molecule has 0 spiro atoms. The fourth-order valence-corrected chi connectivity index (χ4v) is 0.388. The molecule has 0 heterocycles. The molecule has 0 radical (unpaired) electrons. The van der Waals surface area contributed by atoms with Crippen LogP contribution in [-0.4, -0.2) is 37.2 Å². The number of nitrogens with two attached hydrogens (primary N) is 3. The summed E-state index contributed by atoms with van der Waals surface area (Å²) in [6.45, 7) is 3.06. The average molecular weight is 279 g/mol. The molecule has 0 aromatic carbocycles. The van der Waals surface area contributed by atoms with E-state index in [0.29, 0.717) is 6.42 Å². The Bertz CT molecular complexity index is 268. The van der Waals surface area contributed by atoms with Crippen LogP contribution in [0.3, 0.4) is 0 Å². The van der Waals surface area contributed by atoms with Gasteiger partial charge < -0.3 is 21.9 Å². The van der Waals surface area contributed by atoms with Crippen molar-refractivity contribution in [2.75, 3.05) is 13.7 Å². The van der Waals surface area contributed by atoms with Crippen LogP contribution in [-0.2, 0) is 23.9 Å². The quantitative estimate of drug-likeness (QED) is 0.555. The van der Waals surface area contributed by atoms with Gasteiger partial charge in [0.15, 0.2) is 0 Å². The zero-order valence-corrected chi connectivity index (χ0v) is 10.9. The van der Waals surface area contributed by atoms with E-state index in [1.807, 2.05) is 0 Å². The maximum atomic E-state index is 9.95. The summed E-state index contributed by atoms with van der Waals surface area (Å²) in [5, 5.41) is 0. The third-order valence-electron chi connectivity index (χ3n) is 1.06. The van der Waals surface area contributed by atoms with E-state index in [1.54, 1.807) is 6.92 Å². The monoisotopic (exact) mass is 279 g/mol. The van der Waals surface area contributed by atoms with E-state index in [9.17, 15) is 19.2 Å². The Morgan fingerprint density at radius 1 is 0.947 bits per heavy atom. The Morgan fingerprint density at radius 2 is 1.32 bits per heavy atom. The van der Waals surface area contributed by atoms with E-state index in [4.69, 9.17) is 0 Å². The molecule has 0 aromatic heterocycles. The SMILES string of the molecule is C.CC(=O)CC(N)=O.CCC(N)=O.COCC(N)=O. The molecule has 0 unspecified atom stereocenters. The summed E-state index contributed by atoms with van der Waals surface area (Å²) >= 11 is 0. The van der Waals surface area contributed by atoms with Gasteiger partial charge in [0.05, 0.1) is 6.42 Å². The van der Waals surface area contributed by atoms with E-state index >= 15 is 0 Å². The molecular formula is C11H25N3O5. The van der Waals surface area contributed by atoms with Gasteiger partial charge in [-0.15, -0.1) is 0 Å². The third kappa shape index (κ3) is 63.8. The first-order chi connectivity index (χ1) is 8.17. The van der Waals surface area contributed by atoms with Crippen molar-refractivity contribution < 1.29 is 23.9 Å². The smallest absolute Gasteiger partial charge is 0.243 e. The number of carbonyl (C=O) groups is 4. The summed E-state index contributed by atoms with van der Waals surface area (Å²) in [5.41, 5.74) is 13.9. The van der Waals surface area contributed by atoms with Gasteiger partial charge in [-0.3, -0.25) is 19.2 Å². The van der Waals surface area contributed by atoms with Crippen LogP contribution in [0.15, 0.2) is 0 Å². The summed E-state index contributed by atoms with van der Waals surface area (Å²) in [4.78, 5) is 39.1. The van der Waals surface area contributed by atoms with Gasteiger partial charge in [-0.1, -0.05) is 14.4 Å². The van der Waals surface area contributed by atoms with Crippen molar-refractivity contribution in [2.24, 2.45) is 17.2 Å². The number of amides is 3. The van der Waals surface area contributed by atoms with Gasteiger partial charge in [0.2, 0.25) is 17.7 Å². The molecule has 6 N–H and O–H groups in total. The van der Waals surface area contributed by atoms with Crippen LogP contribution in [0.5, 0.6) is 0 Å². The summed E-state index contributed by atoms with van der Waals surface area (Å²) in [5.74, 6) is -1.43. The maximum Gasteiger partial charge on any atom is 0.243 e. The minimum absolute atomic E-state index is 0. The van der Waals surface area contributed by atoms with E-state index in [0.717, 1.165) is 0 Å². The molecule has 0 bridgehead atoms. The highest BCUT2D eigenvalue weighted by molar-refractivity contribution is 5.95. The van der Waals surface area contributed by atoms with Gasteiger partial charge in [-0.25, -0.2) is 0 Å². The highest BCUT2D eigenvalue weighted by atomic mass is 16.5. The van der Waals surface area contributed by atoms with Gasteiger partial charge in [0, 0.05) is 13.5 Å². The molecular weight excluding hydrogens is 254 g/mol. The number of ketones is 1. The van der Waals surface area contributed by atoms with Crippen molar-refractivity contribution >= 4 is 23.5 Å². The van der Waals surface area contributed by atoms with E-state index in [2.05, 4.69) is 21.9 Å². The number of hydrogen-bond acceptors (Lipinski definition) is 5. The van der Waals surface area contributed by atoms with Crippen LogP contribution < -0.4 is 17.2 Å². The Hall–Kier alpha value is -1.96. The molecule has 0 rings (SSSR count). The summed E-state index contributed by atoms with van der Waals surface area (Å²) < 4.78 is 4.33. The van der Waals surface area contributed by atoms with E-state index < -0.39 is 11.8 Å². The number of rotatable bonds is 5. The molecule has 8 heteroatoms. The second-order valence-corrected chi connectivity index (χ2v) is 3.06. The molecule has 0 saturated carbocycles. The fourth-order valence-electron chi connectivity index (χ4n) is 0.388. The highest BCUT2D eigenvalue weighted by Crippen LogP contribution is 1.75. The first-order valence-corrected chi connectivity index (χ1v) is 5.00. The molecule has 0 aliphatic rings. The first-order valence-electron chi connectivity index (χ1n) is 5.00. The van der Waals surface area contributed by atoms with Gasteiger partial charge in [0.25, 0.3) is 0 Å². The molecule has 0 atom stereocenters. The first kappa shape index (κ1) is 25.8. The van der Waals surface area contributed by atoms with Gasteiger partial charge >= 0.3 is 0 Å². The minimum Gasteiger partial charge on any atom is -0.375 e. The van der Waals surface area contributed by atoms with Crippen molar-refractivity contribution in [3.63, 3.8) is 0 Å². The summed E-state index contributed by atoms with van der Waals surface area (Å²) in [7, 11) is 1.42. The van der Waals surface area contributed by atoms with Crippen molar-refractivity contribution in [2.45, 2.75) is 34.1 Å². The van der Waals surface area contributed by atoms with Gasteiger partial charge in [0.1, 0.15) is 12.4 Å². The third-order valence-corrected chi connectivity index (χ3v) is 1.06. The van der Waals surface area contributed by atoms with Crippen molar-refractivity contribution in [3.8, 4) is 0 Å². The van der Waals surface area contributed by atoms with E-state index in [1.165, 1.54) is 14.0 Å². The minimum atomic E-state index is -0.562. The van der Waals surface area contributed by atoms with Crippen LogP contribution in [0.1, 0.15) is 34.1 Å². The molecule has 0 aliphatic carbocycles. The second-order valence-electron chi connectivity index (χ2n) is 3.06. The summed E-state index contributed by atoms with van der Waals surface area (Å²) in [6.07, 6.45) is 0.306. The lowest BCUT2D eigenvalue weighted by Crippen LogP contribution is -2.16. The molecule has 114 valence electrons. The molecule has 3 amide bonds. The molecule has 0 saturated heterocycles. The summed E-state index contributed by atoms with van der Waals surface area (Å²) in [6, 6.07) is 0. The maximum absolute atomic E-state index is 9.95. The standard InChI is InChI=1S/C4H7NO2.C3H7NO2.C3H7NO.CH4/c1-3(6)2-4(5)7;1-6-2-3(4)5;1-2-3(4)5;/h2H2,1H3,(H2,5,7);2H2,1H3,(H2,4,5);2H2,1H3,(H2,4,5);1H4. The number of Topliss-reactive ketones (excluding diaryl/α,β-unsaturated/α-hetero) is 1. The highest BCUT2D eigenvalue weighted by Gasteiger charge is 1.95. The van der Waals surface area contributed by atoms with Crippen LogP contribution in [0.2, 0.25) is 0 Å². The predicted octanol–water partition coefficient (Wildman–Crippen LogP) is -0.913. The Morgan fingerprint density at radius 3 is 1.32 bits per heavy atom. The number of primary amides is 3. The Balaban J connectivity index is -0.0000000878. The lowest BCUT2D eigenvalue weighted by Gasteiger charge is -1.85. The normalized spacial score (nSPS) is 7.53. The van der Waals surface area contributed by atoms with Crippen molar-refractivity contribution in [1.82, 2.24) is 0 Å². The predicted molar refractivity (Wildman–Crippen MR) is 71.8 cm³/mol. The largest absolute Gasteiger partial charge is 0.375 e. The number of methoxy groups -OCH3 is 1. The number of carbonyl (C=O) groups excluding carboxylic acids is 4. The van der Waals surface area contributed by atoms with Crippen LogP contribution in [0.4, 0.5) is 0 Å². The van der Waals surface area contributed by atoms with Crippen molar-refractivity contribution in [3.05, 3.63) is 0 Å². The Labute approximate surface area is 113 Å². The number of hydrogen-bond donors (Lipinski definition) is 3. The molecule has 0 fully saturated rings. The topological polar surface area (TPSA) is 156 Å². The lowest BCUT2D eigenvalue weighted by atomic mass is 10.3. The lowest BCUT2D eigenvalue weighted by molar-refractivity contribution is -0.125. The second kappa shape index (κ2) is 18.4. The fraction of sp³-hybridized carbons (Fsp3) is 0.636. The van der Waals surface area contributed by atoms with Crippen LogP contribution in [0, 0.1) is 0 Å². The number of ether oxygens (including phenoxy) is 1. The molecule has 19 heavy (non-hydrogen) atoms. The van der Waals surface area contributed by atoms with Gasteiger partial charge in [-0.2, -0.15) is 0 Å². The molecule has 0 aliphatic heterocycles. The molecule has 0 aromatic rings. The van der Waals surface area contributed by atoms with Crippen LogP contribution in [0.25, 0.3) is 0 Å². The van der Waals surface area contributed by atoms with Crippen molar-refractivity contribution in [1.29, 1.82) is 0 Å². The van der Waals surface area contributed by atoms with E-state index in [-0.39, 0.29) is 32.1 Å². The van der Waals surface area contributed by atoms with Crippen LogP contribution >= 0.6 is 0 Å². The molecule has 8 nitrogen and oxygen atoms in total.